The summed E-state index contributed by atoms with van der Waals surface area (Å²) in [4.78, 5) is 30.8. The van der Waals surface area contributed by atoms with Gasteiger partial charge in [-0.15, -0.1) is 0 Å². The molecule has 35 heavy (non-hydrogen) atoms. The molecule has 2 aromatic rings. The lowest BCUT2D eigenvalue weighted by Gasteiger charge is -2.34. The molecule has 1 aromatic carbocycles. The lowest BCUT2D eigenvalue weighted by atomic mass is 9.81. The monoisotopic (exact) mass is 495 g/mol. The molecule has 4 rings (SSSR count). The van der Waals surface area contributed by atoms with Gasteiger partial charge in [-0.25, -0.2) is 9.78 Å². The average Bonchev–Trinajstić information content (AvgIpc) is 3.21. The van der Waals surface area contributed by atoms with Gasteiger partial charge in [-0.05, 0) is 76.0 Å². The molecule has 1 aromatic heterocycles. The van der Waals surface area contributed by atoms with Crippen LogP contribution >= 0.6 is 0 Å². The lowest BCUT2D eigenvalue weighted by Crippen LogP contribution is -2.52. The van der Waals surface area contributed by atoms with Gasteiger partial charge in [0.15, 0.2) is 5.58 Å². The molecular weight excluding hydrogens is 463 g/mol. The molecule has 2 aliphatic rings. The summed E-state index contributed by atoms with van der Waals surface area (Å²) in [5.41, 5.74) is 5.73. The summed E-state index contributed by atoms with van der Waals surface area (Å²) >= 11 is 0. The Morgan fingerprint density at radius 2 is 1.83 bits per heavy atom. The lowest BCUT2D eigenvalue weighted by molar-refractivity contribution is -0.137. The Morgan fingerprint density at radius 3 is 2.43 bits per heavy atom. The molecule has 2 aliphatic carbocycles. The minimum absolute atomic E-state index is 0.0346. The summed E-state index contributed by atoms with van der Waals surface area (Å²) < 4.78 is 44.4. The first-order valence-corrected chi connectivity index (χ1v) is 12.2. The second-order valence-electron chi connectivity index (χ2n) is 9.53. The normalized spacial score (nSPS) is 21.9. The fraction of sp³-hybridized carbons (Fsp3) is 0.625. The number of alkyl halides is 3. The molecule has 0 spiro atoms. The molecule has 4 N–H and O–H groups in total. The van der Waals surface area contributed by atoms with Gasteiger partial charge in [0.2, 0.25) is 11.8 Å². The van der Waals surface area contributed by atoms with Gasteiger partial charge in [0.05, 0.1) is 18.2 Å². The first kappa shape index (κ1) is 25.3. The summed E-state index contributed by atoms with van der Waals surface area (Å²) in [6, 6.07) is 2.53. The van der Waals surface area contributed by atoms with E-state index in [0.29, 0.717) is 6.54 Å². The number of fused-ring (bicyclic) bond motifs is 1. The van der Waals surface area contributed by atoms with Gasteiger partial charge in [0.1, 0.15) is 5.52 Å². The van der Waals surface area contributed by atoms with Crippen LogP contribution in [0.2, 0.25) is 0 Å². The number of carbonyl (C=O) groups is 2. The number of nitrogens with two attached hydrogens (primary N) is 1. The van der Waals surface area contributed by atoms with Crippen molar-refractivity contribution < 1.29 is 27.2 Å². The van der Waals surface area contributed by atoms with Crippen LogP contribution in [-0.2, 0) is 17.5 Å². The molecular formula is C24H32F3N5O3. The third-order valence-electron chi connectivity index (χ3n) is 7.12. The highest BCUT2D eigenvalue weighted by molar-refractivity contribution is 5.82. The van der Waals surface area contributed by atoms with Gasteiger partial charge in [-0.3, -0.25) is 4.79 Å². The SMILES string of the molecule is CCN(Cc1nc2cc(C(F)(F)F)ccc2o1)C(=O)NC1CCC([C@H](N)C(=O)NC2CCC2)CC1. The van der Waals surface area contributed by atoms with Crippen molar-refractivity contribution in [3.8, 4) is 0 Å². The number of nitrogens with zero attached hydrogens (tertiary/aromatic N) is 2. The van der Waals surface area contributed by atoms with Gasteiger partial charge in [-0.1, -0.05) is 0 Å². The van der Waals surface area contributed by atoms with Crippen LogP contribution in [0.3, 0.4) is 0 Å². The Labute approximate surface area is 201 Å². The Kier molecular flexibility index (Phi) is 7.53. The Morgan fingerprint density at radius 1 is 1.14 bits per heavy atom. The number of carbonyl (C=O) groups excluding carboxylic acids is 2. The molecule has 0 saturated heterocycles. The molecule has 0 unspecified atom stereocenters. The minimum atomic E-state index is -4.47. The highest BCUT2D eigenvalue weighted by atomic mass is 19.4. The molecule has 11 heteroatoms. The number of hydrogen-bond acceptors (Lipinski definition) is 5. The van der Waals surface area contributed by atoms with E-state index in [2.05, 4.69) is 15.6 Å². The summed E-state index contributed by atoms with van der Waals surface area (Å²) in [5.74, 6) is 0.176. The molecule has 0 radical (unpaired) electrons. The van der Waals surface area contributed by atoms with Crippen molar-refractivity contribution in [3.63, 3.8) is 0 Å². The van der Waals surface area contributed by atoms with Crippen LogP contribution in [0.1, 0.15) is 63.3 Å². The minimum Gasteiger partial charge on any atom is -0.439 e. The van der Waals surface area contributed by atoms with Crippen LogP contribution in [0, 0.1) is 5.92 Å². The number of rotatable bonds is 7. The topological polar surface area (TPSA) is 113 Å². The van der Waals surface area contributed by atoms with E-state index >= 15 is 0 Å². The van der Waals surface area contributed by atoms with Gasteiger partial charge in [-0.2, -0.15) is 13.2 Å². The summed E-state index contributed by atoms with van der Waals surface area (Å²) in [5, 5.41) is 6.03. The molecule has 2 fully saturated rings. The van der Waals surface area contributed by atoms with Crippen LogP contribution in [0.5, 0.6) is 0 Å². The van der Waals surface area contributed by atoms with Gasteiger partial charge >= 0.3 is 12.2 Å². The standard InChI is InChI=1S/C24H32F3N5O3/c1-2-32(13-20-31-18-12-15(24(25,26)27)8-11-19(18)35-20)23(34)30-17-9-6-14(7-10-17)21(28)22(33)29-16-4-3-5-16/h8,11-12,14,16-17,21H,2-7,9-10,13,28H2,1H3,(H,29,33)(H,30,34)/t14?,17?,21-/m0/s1. The highest BCUT2D eigenvalue weighted by Crippen LogP contribution is 2.32. The number of hydrogen-bond donors (Lipinski definition) is 3. The molecule has 3 amide bonds. The first-order chi connectivity index (χ1) is 16.6. The van der Waals surface area contributed by atoms with Crippen molar-refractivity contribution >= 4 is 23.0 Å². The van der Waals surface area contributed by atoms with Crippen molar-refractivity contribution in [2.45, 2.75) is 82.7 Å². The number of halogens is 3. The highest BCUT2D eigenvalue weighted by Gasteiger charge is 2.33. The molecule has 1 heterocycles. The number of nitrogens with one attached hydrogen (secondary N) is 2. The number of oxazole rings is 1. The molecule has 0 aliphatic heterocycles. The Hall–Kier alpha value is -2.82. The maximum Gasteiger partial charge on any atom is 0.416 e. The fourth-order valence-electron chi connectivity index (χ4n) is 4.66. The van der Waals surface area contributed by atoms with Gasteiger partial charge in [0, 0.05) is 18.6 Å². The van der Waals surface area contributed by atoms with Crippen LogP contribution in [-0.4, -0.2) is 46.5 Å². The van der Waals surface area contributed by atoms with E-state index in [9.17, 15) is 22.8 Å². The van der Waals surface area contributed by atoms with E-state index in [0.717, 1.165) is 57.1 Å². The first-order valence-electron chi connectivity index (χ1n) is 12.2. The Bertz CT molecular complexity index is 1040. The number of amides is 3. The summed E-state index contributed by atoms with van der Waals surface area (Å²) in [7, 11) is 0. The van der Waals surface area contributed by atoms with E-state index in [1.54, 1.807) is 6.92 Å². The van der Waals surface area contributed by atoms with E-state index in [-0.39, 0.29) is 53.5 Å². The van der Waals surface area contributed by atoms with E-state index in [1.807, 2.05) is 0 Å². The smallest absolute Gasteiger partial charge is 0.416 e. The quantitative estimate of drug-likeness (QED) is 0.539. The largest absolute Gasteiger partial charge is 0.439 e. The summed E-state index contributed by atoms with van der Waals surface area (Å²) in [6.07, 6.45) is 1.67. The zero-order valence-electron chi connectivity index (χ0n) is 19.7. The average molecular weight is 496 g/mol. The van der Waals surface area contributed by atoms with Crippen LogP contribution < -0.4 is 16.4 Å². The molecule has 0 bridgehead atoms. The second-order valence-corrected chi connectivity index (χ2v) is 9.53. The van der Waals surface area contributed by atoms with E-state index in [1.165, 1.54) is 11.0 Å². The van der Waals surface area contributed by atoms with Crippen molar-refractivity contribution in [2.24, 2.45) is 11.7 Å². The van der Waals surface area contributed by atoms with Crippen molar-refractivity contribution in [1.29, 1.82) is 0 Å². The number of urea groups is 1. The van der Waals surface area contributed by atoms with Crippen LogP contribution in [0.4, 0.5) is 18.0 Å². The van der Waals surface area contributed by atoms with Gasteiger partial charge < -0.3 is 25.7 Å². The molecule has 1 atom stereocenters. The van der Waals surface area contributed by atoms with Gasteiger partial charge in [0.25, 0.3) is 0 Å². The third kappa shape index (κ3) is 6.06. The number of benzene rings is 1. The van der Waals surface area contributed by atoms with E-state index in [4.69, 9.17) is 10.2 Å². The zero-order chi connectivity index (χ0) is 25.2. The summed E-state index contributed by atoms with van der Waals surface area (Å²) in [6.45, 7) is 2.22. The number of aromatic nitrogens is 1. The van der Waals surface area contributed by atoms with E-state index < -0.39 is 17.8 Å². The molecule has 192 valence electrons. The Balaban J connectivity index is 1.28. The predicted octanol–water partition coefficient (Wildman–Crippen LogP) is 3.93. The van der Waals surface area contributed by atoms with Crippen LogP contribution in [0.15, 0.2) is 22.6 Å². The molecule has 8 nitrogen and oxygen atoms in total. The predicted molar refractivity (Wildman–Crippen MR) is 123 cm³/mol. The van der Waals surface area contributed by atoms with Crippen molar-refractivity contribution in [1.82, 2.24) is 20.5 Å². The third-order valence-corrected chi connectivity index (χ3v) is 7.12. The van der Waals surface area contributed by atoms with Crippen molar-refractivity contribution in [2.75, 3.05) is 6.54 Å². The zero-order valence-corrected chi connectivity index (χ0v) is 19.7. The second kappa shape index (κ2) is 10.4. The van der Waals surface area contributed by atoms with Crippen LogP contribution in [0.25, 0.3) is 11.1 Å². The molecule has 2 saturated carbocycles. The maximum absolute atomic E-state index is 12.9. The fourth-order valence-corrected chi connectivity index (χ4v) is 4.66. The van der Waals surface area contributed by atoms with Crippen molar-refractivity contribution in [3.05, 3.63) is 29.7 Å². The maximum atomic E-state index is 12.9.